The monoisotopic (exact) mass is 373 g/mol. The highest BCUT2D eigenvalue weighted by Crippen LogP contribution is 2.39. The lowest BCUT2D eigenvalue weighted by Crippen LogP contribution is -2.46. The lowest BCUT2D eigenvalue weighted by atomic mass is 9.75. The van der Waals surface area contributed by atoms with Crippen LogP contribution in [0, 0.1) is 3.57 Å². The number of likely N-dealkylation sites (N-methyl/N-ethyl adjacent to an activating group) is 1. The largest absolute Gasteiger partial charge is 0.378 e. The summed E-state index contributed by atoms with van der Waals surface area (Å²) in [6.45, 7) is 3.20. The molecule has 1 aromatic rings. The SMILES string of the molecule is CCNC(Cc1ccc(I)cc1)CC1(OC)CCC1. The van der Waals surface area contributed by atoms with Crippen LogP contribution < -0.4 is 5.32 Å². The van der Waals surface area contributed by atoms with Crippen molar-refractivity contribution in [3.63, 3.8) is 0 Å². The van der Waals surface area contributed by atoms with E-state index in [0.717, 1.165) is 19.4 Å². The summed E-state index contributed by atoms with van der Waals surface area (Å²) >= 11 is 2.35. The topological polar surface area (TPSA) is 21.3 Å². The van der Waals surface area contributed by atoms with Crippen LogP contribution in [0.1, 0.15) is 38.2 Å². The molecule has 0 saturated heterocycles. The first-order valence-corrected chi connectivity index (χ1v) is 8.28. The zero-order valence-corrected chi connectivity index (χ0v) is 14.1. The highest BCUT2D eigenvalue weighted by Gasteiger charge is 2.38. The van der Waals surface area contributed by atoms with Crippen LogP contribution in [0.3, 0.4) is 0 Å². The molecular weight excluding hydrogens is 349 g/mol. The minimum atomic E-state index is 0.149. The number of nitrogens with one attached hydrogen (secondary N) is 1. The molecule has 0 radical (unpaired) electrons. The molecule has 1 fully saturated rings. The number of benzene rings is 1. The molecule has 1 unspecified atom stereocenters. The van der Waals surface area contributed by atoms with Crippen molar-refractivity contribution in [2.75, 3.05) is 13.7 Å². The Hall–Kier alpha value is -0.130. The standard InChI is InChI=1S/C16H24INO/c1-3-18-15(12-16(19-2)9-4-10-16)11-13-5-7-14(17)8-6-13/h5-8,15,18H,3-4,9-12H2,1-2H3. The fourth-order valence-electron chi connectivity index (χ4n) is 2.92. The number of halogens is 1. The van der Waals surface area contributed by atoms with Crippen LogP contribution in [0.15, 0.2) is 24.3 Å². The van der Waals surface area contributed by atoms with Gasteiger partial charge in [-0.25, -0.2) is 0 Å². The van der Waals surface area contributed by atoms with Gasteiger partial charge in [-0.05, 0) is 78.9 Å². The van der Waals surface area contributed by atoms with Gasteiger partial charge >= 0.3 is 0 Å². The smallest absolute Gasteiger partial charge is 0.0693 e. The number of hydrogen-bond donors (Lipinski definition) is 1. The molecule has 0 aromatic heterocycles. The predicted octanol–water partition coefficient (Wildman–Crippen LogP) is 3.77. The van der Waals surface area contributed by atoms with Crippen molar-refractivity contribution in [1.29, 1.82) is 0 Å². The summed E-state index contributed by atoms with van der Waals surface area (Å²) in [5, 5.41) is 3.62. The van der Waals surface area contributed by atoms with Crippen LogP contribution in [0.2, 0.25) is 0 Å². The number of rotatable bonds is 7. The quantitative estimate of drug-likeness (QED) is 0.735. The van der Waals surface area contributed by atoms with E-state index in [9.17, 15) is 0 Å². The molecule has 2 rings (SSSR count). The molecule has 0 aliphatic heterocycles. The van der Waals surface area contributed by atoms with Gasteiger partial charge in [-0.15, -0.1) is 0 Å². The summed E-state index contributed by atoms with van der Waals surface area (Å²) in [6.07, 6.45) is 5.98. The maximum Gasteiger partial charge on any atom is 0.0693 e. The highest BCUT2D eigenvalue weighted by molar-refractivity contribution is 14.1. The van der Waals surface area contributed by atoms with Crippen LogP contribution >= 0.6 is 22.6 Å². The molecular formula is C16H24INO. The Morgan fingerprint density at radius 1 is 1.32 bits per heavy atom. The van der Waals surface area contributed by atoms with Gasteiger partial charge in [0, 0.05) is 16.7 Å². The van der Waals surface area contributed by atoms with Crippen molar-refractivity contribution in [3.05, 3.63) is 33.4 Å². The summed E-state index contributed by atoms with van der Waals surface area (Å²) in [5.74, 6) is 0. The second-order valence-corrected chi connectivity index (χ2v) is 6.78. The van der Waals surface area contributed by atoms with Crippen LogP contribution in [-0.2, 0) is 11.2 Å². The van der Waals surface area contributed by atoms with Crippen molar-refractivity contribution in [2.24, 2.45) is 0 Å². The Morgan fingerprint density at radius 3 is 2.47 bits per heavy atom. The molecule has 1 aromatic carbocycles. The van der Waals surface area contributed by atoms with E-state index >= 15 is 0 Å². The molecule has 0 bridgehead atoms. The Balaban J connectivity index is 1.97. The molecule has 1 N–H and O–H groups in total. The normalized spacial score (nSPS) is 18.9. The number of ether oxygens (including phenoxy) is 1. The molecule has 1 saturated carbocycles. The molecule has 106 valence electrons. The minimum absolute atomic E-state index is 0.149. The number of methoxy groups -OCH3 is 1. The fraction of sp³-hybridized carbons (Fsp3) is 0.625. The second kappa shape index (κ2) is 7.04. The maximum absolute atomic E-state index is 5.77. The molecule has 1 aliphatic carbocycles. The van der Waals surface area contributed by atoms with Gasteiger partial charge in [-0.3, -0.25) is 0 Å². The lowest BCUT2D eigenvalue weighted by molar-refractivity contribution is -0.0833. The first-order chi connectivity index (χ1) is 9.17. The van der Waals surface area contributed by atoms with Gasteiger partial charge in [0.1, 0.15) is 0 Å². The van der Waals surface area contributed by atoms with Crippen LogP contribution in [0.4, 0.5) is 0 Å². The highest BCUT2D eigenvalue weighted by atomic mass is 127. The van der Waals surface area contributed by atoms with Gasteiger partial charge in [-0.2, -0.15) is 0 Å². The van der Waals surface area contributed by atoms with Gasteiger partial charge in [-0.1, -0.05) is 19.1 Å². The van der Waals surface area contributed by atoms with Crippen molar-refractivity contribution in [2.45, 2.75) is 50.7 Å². The average Bonchev–Trinajstić information content (AvgIpc) is 2.37. The van der Waals surface area contributed by atoms with Crippen molar-refractivity contribution in [3.8, 4) is 0 Å². The van der Waals surface area contributed by atoms with E-state index in [1.54, 1.807) is 0 Å². The first kappa shape index (κ1) is 15.3. The molecule has 0 heterocycles. The summed E-state index contributed by atoms with van der Waals surface area (Å²) < 4.78 is 7.07. The lowest BCUT2D eigenvalue weighted by Gasteiger charge is -2.43. The van der Waals surface area contributed by atoms with E-state index in [4.69, 9.17) is 4.74 Å². The van der Waals surface area contributed by atoms with Gasteiger partial charge in [0.05, 0.1) is 5.60 Å². The average molecular weight is 373 g/mol. The molecule has 19 heavy (non-hydrogen) atoms. The molecule has 0 amide bonds. The molecule has 2 nitrogen and oxygen atoms in total. The summed E-state index contributed by atoms with van der Waals surface area (Å²) in [4.78, 5) is 0. The maximum atomic E-state index is 5.77. The van der Waals surface area contributed by atoms with Gasteiger partial charge in [0.15, 0.2) is 0 Å². The Labute approximate surface area is 130 Å². The van der Waals surface area contributed by atoms with E-state index in [1.165, 1.54) is 28.4 Å². The summed E-state index contributed by atoms with van der Waals surface area (Å²) in [6, 6.07) is 9.38. The van der Waals surface area contributed by atoms with Crippen molar-refractivity contribution < 1.29 is 4.74 Å². The van der Waals surface area contributed by atoms with Crippen LogP contribution in [-0.4, -0.2) is 25.3 Å². The minimum Gasteiger partial charge on any atom is -0.378 e. The Kier molecular flexibility index (Phi) is 5.66. The van der Waals surface area contributed by atoms with Crippen LogP contribution in [0.5, 0.6) is 0 Å². The first-order valence-electron chi connectivity index (χ1n) is 7.20. The summed E-state index contributed by atoms with van der Waals surface area (Å²) in [5.41, 5.74) is 1.56. The molecule has 1 aliphatic rings. The van der Waals surface area contributed by atoms with E-state index in [2.05, 4.69) is 59.1 Å². The molecule has 3 heteroatoms. The fourth-order valence-corrected chi connectivity index (χ4v) is 3.28. The second-order valence-electron chi connectivity index (χ2n) is 5.53. The number of hydrogen-bond acceptors (Lipinski definition) is 2. The van der Waals surface area contributed by atoms with Gasteiger partial charge in [0.2, 0.25) is 0 Å². The molecule has 0 spiro atoms. The zero-order chi connectivity index (χ0) is 13.7. The van der Waals surface area contributed by atoms with Crippen molar-refractivity contribution >= 4 is 22.6 Å². The van der Waals surface area contributed by atoms with E-state index in [-0.39, 0.29) is 5.60 Å². The Bertz CT molecular complexity index is 381. The molecule has 1 atom stereocenters. The van der Waals surface area contributed by atoms with Crippen molar-refractivity contribution in [1.82, 2.24) is 5.32 Å². The third-order valence-corrected chi connectivity index (χ3v) is 4.92. The van der Waals surface area contributed by atoms with Gasteiger partial charge in [0.25, 0.3) is 0 Å². The summed E-state index contributed by atoms with van der Waals surface area (Å²) in [7, 11) is 1.87. The third-order valence-electron chi connectivity index (χ3n) is 4.20. The predicted molar refractivity (Wildman–Crippen MR) is 88.5 cm³/mol. The van der Waals surface area contributed by atoms with E-state index in [0.29, 0.717) is 6.04 Å². The van der Waals surface area contributed by atoms with Crippen LogP contribution in [0.25, 0.3) is 0 Å². The van der Waals surface area contributed by atoms with E-state index in [1.807, 2.05) is 7.11 Å². The third kappa shape index (κ3) is 4.17. The van der Waals surface area contributed by atoms with Gasteiger partial charge < -0.3 is 10.1 Å². The van der Waals surface area contributed by atoms with E-state index < -0.39 is 0 Å². The zero-order valence-electron chi connectivity index (χ0n) is 11.9. The Morgan fingerprint density at radius 2 is 2.00 bits per heavy atom.